The summed E-state index contributed by atoms with van der Waals surface area (Å²) < 4.78 is 0. The van der Waals surface area contributed by atoms with Crippen molar-refractivity contribution >= 4 is 32.4 Å². The molecule has 2 heteroatoms. The largest absolute Gasteiger partial charge is 0.236 e. The van der Waals surface area contributed by atoms with Crippen LogP contribution in [0.5, 0.6) is 0 Å². The van der Waals surface area contributed by atoms with Gasteiger partial charge in [0.15, 0.2) is 0 Å². The van der Waals surface area contributed by atoms with Gasteiger partial charge in [-0.2, -0.15) is 0 Å². The van der Waals surface area contributed by atoms with Crippen molar-refractivity contribution in [2.45, 2.75) is 6.92 Å². The van der Waals surface area contributed by atoms with Crippen LogP contribution in [0.2, 0.25) is 0 Å². The molecule has 0 radical (unpaired) electrons. The smallest absolute Gasteiger partial charge is 0.116 e. The molecule has 0 amide bonds. The standard InChI is InChI=1S/C23H16N2/c1-15-6-7-17-10-11-20-22(24-14-25-23(20)21(17)12-15)19-9-8-16-4-2-3-5-18(16)13-19/h2-14H,1H3. The highest BCUT2D eigenvalue weighted by Crippen LogP contribution is 2.32. The fraction of sp³-hybridized carbons (Fsp3) is 0.0435. The van der Waals surface area contributed by atoms with Gasteiger partial charge in [0.25, 0.3) is 0 Å². The second-order valence-electron chi connectivity index (χ2n) is 6.47. The van der Waals surface area contributed by atoms with E-state index in [1.54, 1.807) is 6.33 Å². The molecule has 1 aromatic heterocycles. The van der Waals surface area contributed by atoms with Gasteiger partial charge in [-0.1, -0.05) is 60.2 Å². The normalized spacial score (nSPS) is 11.4. The quantitative estimate of drug-likeness (QED) is 0.359. The molecule has 0 bridgehead atoms. The third-order valence-electron chi connectivity index (χ3n) is 4.80. The number of hydrogen-bond acceptors (Lipinski definition) is 2. The first-order chi connectivity index (χ1) is 12.3. The predicted octanol–water partition coefficient (Wildman–Crippen LogP) is 5.91. The number of fused-ring (bicyclic) bond motifs is 4. The minimum absolute atomic E-state index is 0.985. The van der Waals surface area contributed by atoms with Crippen LogP contribution >= 0.6 is 0 Å². The number of aromatic nitrogens is 2. The maximum absolute atomic E-state index is 4.60. The zero-order valence-corrected chi connectivity index (χ0v) is 13.9. The van der Waals surface area contributed by atoms with Gasteiger partial charge in [0, 0.05) is 16.3 Å². The summed E-state index contributed by atoms with van der Waals surface area (Å²) in [7, 11) is 0. The summed E-state index contributed by atoms with van der Waals surface area (Å²) in [6.45, 7) is 2.11. The van der Waals surface area contributed by atoms with Crippen LogP contribution in [-0.2, 0) is 0 Å². The van der Waals surface area contributed by atoms with Crippen LogP contribution in [0.25, 0.3) is 43.7 Å². The predicted molar refractivity (Wildman–Crippen MR) is 105 cm³/mol. The molecule has 0 unspecified atom stereocenters. The Kier molecular flexibility index (Phi) is 3.04. The topological polar surface area (TPSA) is 25.8 Å². The van der Waals surface area contributed by atoms with Crippen LogP contribution in [0.15, 0.2) is 79.1 Å². The van der Waals surface area contributed by atoms with E-state index in [1.165, 1.54) is 27.1 Å². The van der Waals surface area contributed by atoms with Crippen molar-refractivity contribution in [1.29, 1.82) is 0 Å². The Labute approximate surface area is 145 Å². The summed E-state index contributed by atoms with van der Waals surface area (Å²) in [6, 6.07) is 25.7. The minimum atomic E-state index is 0.985. The molecule has 0 saturated carbocycles. The van der Waals surface area contributed by atoms with Gasteiger partial charge in [-0.05, 0) is 41.3 Å². The third-order valence-corrected chi connectivity index (χ3v) is 4.80. The summed E-state index contributed by atoms with van der Waals surface area (Å²) in [5, 5.41) is 5.95. The fourth-order valence-corrected chi connectivity index (χ4v) is 3.53. The van der Waals surface area contributed by atoms with Gasteiger partial charge in [-0.25, -0.2) is 9.97 Å². The molecule has 2 nitrogen and oxygen atoms in total. The van der Waals surface area contributed by atoms with Crippen LogP contribution in [-0.4, -0.2) is 9.97 Å². The highest BCUT2D eigenvalue weighted by molar-refractivity contribution is 6.09. The van der Waals surface area contributed by atoms with Gasteiger partial charge in [0.05, 0.1) is 11.2 Å². The molecule has 0 aliphatic heterocycles. The van der Waals surface area contributed by atoms with Crippen LogP contribution in [0.3, 0.4) is 0 Å². The molecule has 25 heavy (non-hydrogen) atoms. The molecule has 4 aromatic carbocycles. The molecule has 0 spiro atoms. The lowest BCUT2D eigenvalue weighted by atomic mass is 9.99. The first-order valence-corrected chi connectivity index (χ1v) is 8.43. The molecule has 0 fully saturated rings. The van der Waals surface area contributed by atoms with Gasteiger partial charge in [0.2, 0.25) is 0 Å². The third kappa shape index (κ3) is 2.26. The van der Waals surface area contributed by atoms with Gasteiger partial charge < -0.3 is 0 Å². The molecule has 0 N–H and O–H groups in total. The molecule has 118 valence electrons. The van der Waals surface area contributed by atoms with Gasteiger partial charge in [-0.3, -0.25) is 0 Å². The molecule has 5 aromatic rings. The van der Waals surface area contributed by atoms with E-state index in [1.807, 2.05) is 0 Å². The number of hydrogen-bond donors (Lipinski definition) is 0. The Balaban J connectivity index is 1.83. The van der Waals surface area contributed by atoms with Crippen molar-refractivity contribution in [3.05, 3.63) is 84.7 Å². The first-order valence-electron chi connectivity index (χ1n) is 8.43. The summed E-state index contributed by atoms with van der Waals surface area (Å²) in [6.07, 6.45) is 1.68. The van der Waals surface area contributed by atoms with Crippen molar-refractivity contribution in [3.63, 3.8) is 0 Å². The van der Waals surface area contributed by atoms with E-state index in [2.05, 4.69) is 89.7 Å². The molecule has 0 atom stereocenters. The van der Waals surface area contributed by atoms with Crippen LogP contribution in [0.4, 0.5) is 0 Å². The van der Waals surface area contributed by atoms with E-state index >= 15 is 0 Å². The Morgan fingerprint density at radius 2 is 1.44 bits per heavy atom. The summed E-state index contributed by atoms with van der Waals surface area (Å²) in [4.78, 5) is 9.19. The summed E-state index contributed by atoms with van der Waals surface area (Å²) >= 11 is 0. The van der Waals surface area contributed by atoms with Crippen LogP contribution in [0.1, 0.15) is 5.56 Å². The average Bonchev–Trinajstić information content (AvgIpc) is 2.67. The highest BCUT2D eigenvalue weighted by Gasteiger charge is 2.10. The van der Waals surface area contributed by atoms with Crippen LogP contribution < -0.4 is 0 Å². The van der Waals surface area contributed by atoms with Crippen molar-refractivity contribution in [3.8, 4) is 11.3 Å². The zero-order valence-electron chi connectivity index (χ0n) is 13.9. The monoisotopic (exact) mass is 320 g/mol. The molecular weight excluding hydrogens is 304 g/mol. The lowest BCUT2D eigenvalue weighted by Crippen LogP contribution is -1.90. The van der Waals surface area contributed by atoms with Gasteiger partial charge >= 0.3 is 0 Å². The minimum Gasteiger partial charge on any atom is -0.236 e. The van der Waals surface area contributed by atoms with Gasteiger partial charge in [0.1, 0.15) is 6.33 Å². The van der Waals surface area contributed by atoms with Gasteiger partial charge in [-0.15, -0.1) is 0 Å². The maximum atomic E-state index is 4.60. The van der Waals surface area contributed by atoms with Crippen molar-refractivity contribution < 1.29 is 0 Å². The Bertz CT molecular complexity index is 1260. The lowest BCUT2D eigenvalue weighted by molar-refractivity contribution is 1.23. The van der Waals surface area contributed by atoms with Crippen molar-refractivity contribution in [2.75, 3.05) is 0 Å². The lowest BCUT2D eigenvalue weighted by Gasteiger charge is -2.09. The van der Waals surface area contributed by atoms with E-state index in [-0.39, 0.29) is 0 Å². The van der Waals surface area contributed by atoms with Crippen molar-refractivity contribution in [1.82, 2.24) is 9.97 Å². The Morgan fingerprint density at radius 1 is 0.640 bits per heavy atom. The second-order valence-corrected chi connectivity index (χ2v) is 6.47. The van der Waals surface area contributed by atoms with E-state index in [9.17, 15) is 0 Å². The fourth-order valence-electron chi connectivity index (χ4n) is 3.53. The first kappa shape index (κ1) is 14.1. The SMILES string of the molecule is Cc1ccc2ccc3c(-c4ccc5ccccc5c4)ncnc3c2c1. The summed E-state index contributed by atoms with van der Waals surface area (Å²) in [5.41, 5.74) is 4.36. The Morgan fingerprint density at radius 3 is 2.36 bits per heavy atom. The van der Waals surface area contributed by atoms with Crippen LogP contribution in [0, 0.1) is 6.92 Å². The maximum Gasteiger partial charge on any atom is 0.116 e. The number of rotatable bonds is 1. The zero-order chi connectivity index (χ0) is 16.8. The highest BCUT2D eigenvalue weighted by atomic mass is 14.8. The second kappa shape index (κ2) is 5.38. The molecule has 1 heterocycles. The number of aryl methyl sites for hydroxylation is 1. The van der Waals surface area contributed by atoms with E-state index < -0.39 is 0 Å². The Hall–Kier alpha value is -3.26. The molecule has 0 saturated heterocycles. The summed E-state index contributed by atoms with van der Waals surface area (Å²) in [5.74, 6) is 0. The van der Waals surface area contributed by atoms with E-state index in [0.29, 0.717) is 0 Å². The molecule has 5 rings (SSSR count). The molecular formula is C23H16N2. The van der Waals surface area contributed by atoms with Crippen molar-refractivity contribution in [2.24, 2.45) is 0 Å². The number of nitrogens with zero attached hydrogens (tertiary/aromatic N) is 2. The molecule has 0 aliphatic carbocycles. The number of benzene rings is 4. The van der Waals surface area contributed by atoms with E-state index in [0.717, 1.165) is 22.2 Å². The average molecular weight is 320 g/mol. The van der Waals surface area contributed by atoms with E-state index in [4.69, 9.17) is 0 Å². The molecule has 0 aliphatic rings.